The van der Waals surface area contributed by atoms with Gasteiger partial charge in [-0.15, -0.1) is 0 Å². The van der Waals surface area contributed by atoms with Crippen molar-refractivity contribution in [2.75, 3.05) is 11.5 Å². The van der Waals surface area contributed by atoms with Crippen LogP contribution >= 0.6 is 0 Å². The van der Waals surface area contributed by atoms with Crippen LogP contribution in [-0.4, -0.2) is 35.3 Å². The van der Waals surface area contributed by atoms with Gasteiger partial charge in [0, 0.05) is 10.9 Å². The van der Waals surface area contributed by atoms with E-state index in [0.29, 0.717) is 33.4 Å². The standard InChI is InChI=1S/C29H22N2O6/c1-3-36-29(35)25(18-9-5-4-6-10-18)37-28(34)19-13-15-20(16-14-19)31-26(32)23-17(2)30-22-12-8-7-11-21(22)24(23)27(31)33/h4-16,25H,3H2,1-2H3. The largest absolute Gasteiger partial charge is 0.463 e. The highest BCUT2D eigenvalue weighted by molar-refractivity contribution is 6.37. The van der Waals surface area contributed by atoms with E-state index in [-0.39, 0.29) is 17.7 Å². The molecular formula is C29H22N2O6. The van der Waals surface area contributed by atoms with Gasteiger partial charge in [-0.05, 0) is 44.2 Å². The Morgan fingerprint density at radius 2 is 1.51 bits per heavy atom. The number of pyridine rings is 1. The Bertz CT molecular complexity index is 1550. The van der Waals surface area contributed by atoms with Crippen molar-refractivity contribution in [1.29, 1.82) is 0 Å². The lowest BCUT2D eigenvalue weighted by atomic mass is 10.0. The van der Waals surface area contributed by atoms with E-state index in [1.54, 1.807) is 62.4 Å². The van der Waals surface area contributed by atoms with Crippen LogP contribution in [0.4, 0.5) is 5.69 Å². The summed E-state index contributed by atoms with van der Waals surface area (Å²) in [6.45, 7) is 3.50. The Hall–Kier alpha value is -4.85. The lowest BCUT2D eigenvalue weighted by Crippen LogP contribution is -2.29. The van der Waals surface area contributed by atoms with Crippen LogP contribution in [0.15, 0.2) is 78.9 Å². The quantitative estimate of drug-likeness (QED) is 0.280. The number of rotatable bonds is 6. The molecule has 2 heterocycles. The van der Waals surface area contributed by atoms with Gasteiger partial charge in [0.15, 0.2) is 0 Å². The van der Waals surface area contributed by atoms with E-state index in [0.717, 1.165) is 4.90 Å². The number of aryl methyl sites for hydroxylation is 1. The number of ether oxygens (including phenoxy) is 2. The predicted molar refractivity (Wildman–Crippen MR) is 135 cm³/mol. The number of anilines is 1. The molecule has 5 rings (SSSR count). The number of nitrogens with zero attached hydrogens (tertiary/aromatic N) is 2. The third-order valence-corrected chi connectivity index (χ3v) is 6.10. The van der Waals surface area contributed by atoms with Crippen molar-refractivity contribution in [3.05, 3.63) is 107 Å². The monoisotopic (exact) mass is 494 g/mol. The van der Waals surface area contributed by atoms with Crippen LogP contribution in [0.5, 0.6) is 0 Å². The Balaban J connectivity index is 1.41. The Morgan fingerprint density at radius 3 is 2.22 bits per heavy atom. The fraction of sp³-hybridized carbons (Fsp3) is 0.138. The molecule has 4 aromatic rings. The molecule has 184 valence electrons. The number of hydrogen-bond donors (Lipinski definition) is 0. The first-order chi connectivity index (χ1) is 17.9. The number of fused-ring (bicyclic) bond motifs is 3. The van der Waals surface area contributed by atoms with E-state index >= 15 is 0 Å². The van der Waals surface area contributed by atoms with E-state index in [9.17, 15) is 19.2 Å². The van der Waals surface area contributed by atoms with Gasteiger partial charge in [0.2, 0.25) is 6.10 Å². The number of esters is 2. The van der Waals surface area contributed by atoms with E-state index < -0.39 is 29.9 Å². The molecular weight excluding hydrogens is 472 g/mol. The highest BCUT2D eigenvalue weighted by Gasteiger charge is 2.40. The van der Waals surface area contributed by atoms with Crippen molar-refractivity contribution in [2.24, 2.45) is 0 Å². The summed E-state index contributed by atoms with van der Waals surface area (Å²) in [5.41, 5.74) is 2.62. The predicted octanol–water partition coefficient (Wildman–Crippen LogP) is 4.81. The van der Waals surface area contributed by atoms with E-state index in [1.807, 2.05) is 6.07 Å². The molecule has 1 unspecified atom stereocenters. The normalized spacial score (nSPS) is 13.4. The summed E-state index contributed by atoms with van der Waals surface area (Å²) in [5.74, 6) is -2.36. The molecule has 3 aromatic carbocycles. The number of benzene rings is 3. The number of para-hydroxylation sites is 1. The summed E-state index contributed by atoms with van der Waals surface area (Å²) >= 11 is 0. The van der Waals surface area contributed by atoms with Crippen molar-refractivity contribution >= 4 is 40.3 Å². The molecule has 2 amide bonds. The number of amides is 2. The highest BCUT2D eigenvalue weighted by Crippen LogP contribution is 2.34. The zero-order chi connectivity index (χ0) is 26.1. The number of hydrogen-bond acceptors (Lipinski definition) is 7. The van der Waals surface area contributed by atoms with Crippen LogP contribution in [0.1, 0.15) is 55.4 Å². The fourth-order valence-corrected chi connectivity index (χ4v) is 4.39. The first-order valence-corrected chi connectivity index (χ1v) is 11.7. The van der Waals surface area contributed by atoms with Crippen LogP contribution in [0, 0.1) is 6.92 Å². The fourth-order valence-electron chi connectivity index (χ4n) is 4.39. The van der Waals surface area contributed by atoms with Gasteiger partial charge in [-0.25, -0.2) is 14.5 Å². The molecule has 0 N–H and O–H groups in total. The summed E-state index contributed by atoms with van der Waals surface area (Å²) in [5, 5.41) is 0.607. The molecule has 0 fully saturated rings. The molecule has 1 aliphatic rings. The van der Waals surface area contributed by atoms with Crippen LogP contribution in [0.25, 0.3) is 10.9 Å². The van der Waals surface area contributed by atoms with Gasteiger partial charge in [0.25, 0.3) is 11.8 Å². The third-order valence-electron chi connectivity index (χ3n) is 6.10. The van der Waals surface area contributed by atoms with Gasteiger partial charge in [-0.2, -0.15) is 0 Å². The molecule has 0 bridgehead atoms. The average molecular weight is 495 g/mol. The summed E-state index contributed by atoms with van der Waals surface area (Å²) in [4.78, 5) is 57.5. The molecule has 0 aliphatic carbocycles. The molecule has 1 aliphatic heterocycles. The first-order valence-electron chi connectivity index (χ1n) is 11.7. The van der Waals surface area contributed by atoms with Crippen molar-refractivity contribution < 1.29 is 28.7 Å². The summed E-state index contributed by atoms with van der Waals surface area (Å²) in [7, 11) is 0. The summed E-state index contributed by atoms with van der Waals surface area (Å²) in [6.07, 6.45) is -1.23. The van der Waals surface area contributed by atoms with E-state index in [1.165, 1.54) is 24.3 Å². The lowest BCUT2D eigenvalue weighted by molar-refractivity contribution is -0.153. The molecule has 8 nitrogen and oxygen atoms in total. The van der Waals surface area contributed by atoms with Gasteiger partial charge >= 0.3 is 11.9 Å². The smallest absolute Gasteiger partial charge is 0.352 e. The van der Waals surface area contributed by atoms with Gasteiger partial charge in [0.1, 0.15) is 0 Å². The maximum absolute atomic E-state index is 13.4. The van der Waals surface area contributed by atoms with Gasteiger partial charge in [-0.3, -0.25) is 14.6 Å². The van der Waals surface area contributed by atoms with Crippen LogP contribution in [0.2, 0.25) is 0 Å². The Kier molecular flexibility index (Phi) is 6.23. The van der Waals surface area contributed by atoms with E-state index in [4.69, 9.17) is 9.47 Å². The zero-order valence-corrected chi connectivity index (χ0v) is 20.1. The van der Waals surface area contributed by atoms with Gasteiger partial charge in [0.05, 0.1) is 40.2 Å². The molecule has 1 atom stereocenters. The highest BCUT2D eigenvalue weighted by atomic mass is 16.6. The Labute approximate surface area is 212 Å². The second-order valence-corrected chi connectivity index (χ2v) is 8.41. The van der Waals surface area contributed by atoms with E-state index in [2.05, 4.69) is 4.98 Å². The number of carbonyl (C=O) groups excluding carboxylic acids is 4. The molecule has 0 saturated heterocycles. The first kappa shape index (κ1) is 23.9. The van der Waals surface area contributed by atoms with Crippen LogP contribution < -0.4 is 4.90 Å². The van der Waals surface area contributed by atoms with Gasteiger partial charge in [-0.1, -0.05) is 48.5 Å². The minimum atomic E-state index is -1.23. The topological polar surface area (TPSA) is 103 Å². The maximum Gasteiger partial charge on any atom is 0.352 e. The number of imide groups is 1. The SMILES string of the molecule is CCOC(=O)C(OC(=O)c1ccc(N2C(=O)c3c(C)nc4ccccc4c3C2=O)cc1)c1ccccc1. The maximum atomic E-state index is 13.4. The summed E-state index contributed by atoms with van der Waals surface area (Å²) in [6, 6.07) is 21.6. The third kappa shape index (κ3) is 4.23. The number of carbonyl (C=O) groups is 4. The van der Waals surface area contributed by atoms with Crippen molar-refractivity contribution in [3.63, 3.8) is 0 Å². The summed E-state index contributed by atoms with van der Waals surface area (Å²) < 4.78 is 10.6. The zero-order valence-electron chi connectivity index (χ0n) is 20.1. The minimum Gasteiger partial charge on any atom is -0.463 e. The molecule has 0 spiro atoms. The lowest BCUT2D eigenvalue weighted by Gasteiger charge is -2.17. The minimum absolute atomic E-state index is 0.138. The second-order valence-electron chi connectivity index (χ2n) is 8.41. The van der Waals surface area contributed by atoms with Gasteiger partial charge < -0.3 is 9.47 Å². The molecule has 37 heavy (non-hydrogen) atoms. The molecule has 8 heteroatoms. The average Bonchev–Trinajstić information content (AvgIpc) is 3.18. The molecule has 0 saturated carbocycles. The van der Waals surface area contributed by atoms with Crippen LogP contribution in [0.3, 0.4) is 0 Å². The van der Waals surface area contributed by atoms with Crippen LogP contribution in [-0.2, 0) is 14.3 Å². The second kappa shape index (κ2) is 9.66. The number of aromatic nitrogens is 1. The Morgan fingerprint density at radius 1 is 0.865 bits per heavy atom. The van der Waals surface area contributed by atoms with Crippen molar-refractivity contribution in [1.82, 2.24) is 4.98 Å². The van der Waals surface area contributed by atoms with Crippen molar-refractivity contribution in [3.8, 4) is 0 Å². The molecule has 1 aromatic heterocycles. The van der Waals surface area contributed by atoms with Crippen molar-refractivity contribution in [2.45, 2.75) is 20.0 Å². The molecule has 0 radical (unpaired) electrons.